The molecule has 0 radical (unpaired) electrons. The van der Waals surface area contributed by atoms with Crippen LogP contribution in [-0.2, 0) is 0 Å². The molecule has 2 N–H and O–H groups in total. The van der Waals surface area contributed by atoms with Crippen molar-refractivity contribution in [1.82, 2.24) is 10.2 Å². The fourth-order valence-electron chi connectivity index (χ4n) is 3.45. The maximum Gasteiger partial charge on any atom is 0.0474 e. The minimum atomic E-state index is 0.363. The third kappa shape index (κ3) is 3.94. The molecule has 1 saturated heterocycles. The second-order valence-corrected chi connectivity index (χ2v) is 6.01. The van der Waals surface area contributed by atoms with Crippen molar-refractivity contribution in [2.75, 3.05) is 33.3 Å². The van der Waals surface area contributed by atoms with Gasteiger partial charge in [0.2, 0.25) is 0 Å². The van der Waals surface area contributed by atoms with Gasteiger partial charge in [0.05, 0.1) is 0 Å². The maximum absolute atomic E-state index is 9.39. The first-order valence-electron chi connectivity index (χ1n) is 7.32. The average molecular weight is 240 g/mol. The third-order valence-electron chi connectivity index (χ3n) is 4.53. The molecule has 1 saturated carbocycles. The number of piperidine rings is 1. The molecule has 1 aliphatic heterocycles. The second-order valence-electron chi connectivity index (χ2n) is 6.01. The summed E-state index contributed by atoms with van der Waals surface area (Å²) in [6.07, 6.45) is 7.81. The third-order valence-corrected chi connectivity index (χ3v) is 4.53. The Morgan fingerprint density at radius 1 is 1.18 bits per heavy atom. The van der Waals surface area contributed by atoms with E-state index in [-0.39, 0.29) is 0 Å². The van der Waals surface area contributed by atoms with E-state index in [0.717, 1.165) is 12.5 Å². The van der Waals surface area contributed by atoms with Gasteiger partial charge in [0.25, 0.3) is 0 Å². The molecule has 2 fully saturated rings. The quantitative estimate of drug-likeness (QED) is 0.781. The summed E-state index contributed by atoms with van der Waals surface area (Å²) in [5, 5.41) is 13.1. The minimum Gasteiger partial charge on any atom is -0.396 e. The van der Waals surface area contributed by atoms with Gasteiger partial charge in [-0.3, -0.25) is 0 Å². The highest BCUT2D eigenvalue weighted by molar-refractivity contribution is 4.82. The van der Waals surface area contributed by atoms with Crippen molar-refractivity contribution in [3.8, 4) is 0 Å². The van der Waals surface area contributed by atoms with Crippen LogP contribution in [0, 0.1) is 11.8 Å². The Balaban J connectivity index is 1.72. The zero-order chi connectivity index (χ0) is 12.1. The van der Waals surface area contributed by atoms with Gasteiger partial charge in [0, 0.05) is 19.2 Å². The van der Waals surface area contributed by atoms with Crippen LogP contribution in [0.25, 0.3) is 0 Å². The standard InChI is InChI=1S/C14H28N2O/c1-16-8-4-5-12(10-16)9-15-14-7-3-2-6-13(14)11-17/h12-15,17H,2-11H2,1H3. The van der Waals surface area contributed by atoms with Crippen LogP contribution in [0.3, 0.4) is 0 Å². The fraction of sp³-hybridized carbons (Fsp3) is 1.00. The van der Waals surface area contributed by atoms with Crippen molar-refractivity contribution in [2.45, 2.75) is 44.6 Å². The summed E-state index contributed by atoms with van der Waals surface area (Å²) < 4.78 is 0. The van der Waals surface area contributed by atoms with Crippen molar-refractivity contribution in [3.63, 3.8) is 0 Å². The van der Waals surface area contributed by atoms with Crippen LogP contribution >= 0.6 is 0 Å². The van der Waals surface area contributed by atoms with E-state index < -0.39 is 0 Å². The molecule has 0 aromatic carbocycles. The molecule has 0 aromatic heterocycles. The average Bonchev–Trinajstić information content (AvgIpc) is 2.37. The Morgan fingerprint density at radius 2 is 2.00 bits per heavy atom. The predicted molar refractivity (Wildman–Crippen MR) is 71.1 cm³/mol. The maximum atomic E-state index is 9.39. The van der Waals surface area contributed by atoms with Gasteiger partial charge in [-0.25, -0.2) is 0 Å². The van der Waals surface area contributed by atoms with E-state index in [4.69, 9.17) is 0 Å². The van der Waals surface area contributed by atoms with Gasteiger partial charge in [-0.05, 0) is 57.7 Å². The number of hydrogen-bond acceptors (Lipinski definition) is 3. The minimum absolute atomic E-state index is 0.363. The zero-order valence-corrected chi connectivity index (χ0v) is 11.2. The summed E-state index contributed by atoms with van der Waals surface area (Å²) in [6, 6.07) is 0.570. The molecule has 100 valence electrons. The number of aliphatic hydroxyl groups is 1. The molecule has 3 atom stereocenters. The Labute approximate surface area is 106 Å². The van der Waals surface area contributed by atoms with Crippen LogP contribution in [-0.4, -0.2) is 49.3 Å². The molecule has 0 aromatic rings. The van der Waals surface area contributed by atoms with E-state index in [9.17, 15) is 5.11 Å². The number of likely N-dealkylation sites (tertiary alicyclic amines) is 1. The molecule has 0 spiro atoms. The fourth-order valence-corrected chi connectivity index (χ4v) is 3.45. The lowest BCUT2D eigenvalue weighted by molar-refractivity contribution is 0.141. The summed E-state index contributed by atoms with van der Waals surface area (Å²) in [5.41, 5.74) is 0. The number of nitrogens with one attached hydrogen (secondary N) is 1. The SMILES string of the molecule is CN1CCCC(CNC2CCCCC2CO)C1. The van der Waals surface area contributed by atoms with Gasteiger partial charge < -0.3 is 15.3 Å². The van der Waals surface area contributed by atoms with Crippen LogP contribution in [0.1, 0.15) is 38.5 Å². The normalized spacial score (nSPS) is 36.0. The van der Waals surface area contributed by atoms with Crippen LogP contribution in [0.2, 0.25) is 0 Å². The summed E-state index contributed by atoms with van der Waals surface area (Å²) in [6.45, 7) is 4.01. The molecule has 3 unspecified atom stereocenters. The Kier molecular flexibility index (Phi) is 5.26. The molecule has 3 nitrogen and oxygen atoms in total. The first-order valence-corrected chi connectivity index (χ1v) is 7.32. The number of nitrogens with zero attached hydrogens (tertiary/aromatic N) is 1. The molecule has 0 bridgehead atoms. The predicted octanol–water partition coefficient (Wildman–Crippen LogP) is 1.47. The number of hydrogen-bond donors (Lipinski definition) is 2. The summed E-state index contributed by atoms with van der Waals surface area (Å²) in [4.78, 5) is 2.44. The van der Waals surface area contributed by atoms with E-state index in [1.807, 2.05) is 0 Å². The highest BCUT2D eigenvalue weighted by Gasteiger charge is 2.25. The number of rotatable bonds is 4. The van der Waals surface area contributed by atoms with Gasteiger partial charge in [-0.2, -0.15) is 0 Å². The van der Waals surface area contributed by atoms with Gasteiger partial charge in [-0.15, -0.1) is 0 Å². The molecule has 17 heavy (non-hydrogen) atoms. The van der Waals surface area contributed by atoms with Crippen molar-refractivity contribution >= 4 is 0 Å². The van der Waals surface area contributed by atoms with Gasteiger partial charge in [0.15, 0.2) is 0 Å². The largest absolute Gasteiger partial charge is 0.396 e. The number of aliphatic hydroxyl groups excluding tert-OH is 1. The van der Waals surface area contributed by atoms with Crippen LogP contribution in [0.15, 0.2) is 0 Å². The zero-order valence-electron chi connectivity index (χ0n) is 11.2. The monoisotopic (exact) mass is 240 g/mol. The summed E-state index contributed by atoms with van der Waals surface area (Å²) >= 11 is 0. The van der Waals surface area contributed by atoms with E-state index >= 15 is 0 Å². The summed E-state index contributed by atoms with van der Waals surface area (Å²) in [7, 11) is 2.23. The molecular formula is C14H28N2O. The van der Waals surface area contributed by atoms with Crippen LogP contribution in [0.4, 0.5) is 0 Å². The second kappa shape index (κ2) is 6.72. The smallest absolute Gasteiger partial charge is 0.0474 e. The van der Waals surface area contributed by atoms with E-state index in [1.165, 1.54) is 51.6 Å². The van der Waals surface area contributed by atoms with Crippen molar-refractivity contribution in [3.05, 3.63) is 0 Å². The first-order chi connectivity index (χ1) is 8.29. The lowest BCUT2D eigenvalue weighted by Gasteiger charge is -2.35. The van der Waals surface area contributed by atoms with E-state index in [2.05, 4.69) is 17.3 Å². The van der Waals surface area contributed by atoms with Crippen molar-refractivity contribution in [1.29, 1.82) is 0 Å². The topological polar surface area (TPSA) is 35.5 Å². The van der Waals surface area contributed by atoms with Crippen molar-refractivity contribution in [2.24, 2.45) is 11.8 Å². The Bertz CT molecular complexity index is 222. The van der Waals surface area contributed by atoms with E-state index in [0.29, 0.717) is 18.6 Å². The molecule has 0 amide bonds. The molecule has 3 heteroatoms. The summed E-state index contributed by atoms with van der Waals surface area (Å²) in [5.74, 6) is 1.32. The van der Waals surface area contributed by atoms with E-state index in [1.54, 1.807) is 0 Å². The lowest BCUT2D eigenvalue weighted by atomic mass is 9.84. The molecule has 1 aliphatic carbocycles. The molecule has 1 heterocycles. The van der Waals surface area contributed by atoms with Crippen molar-refractivity contribution < 1.29 is 5.11 Å². The van der Waals surface area contributed by atoms with Gasteiger partial charge >= 0.3 is 0 Å². The lowest BCUT2D eigenvalue weighted by Crippen LogP contribution is -2.45. The molecule has 2 aliphatic rings. The Morgan fingerprint density at radius 3 is 2.76 bits per heavy atom. The van der Waals surface area contributed by atoms with Crippen LogP contribution in [0.5, 0.6) is 0 Å². The molecular weight excluding hydrogens is 212 g/mol. The van der Waals surface area contributed by atoms with Gasteiger partial charge in [0.1, 0.15) is 0 Å². The highest BCUT2D eigenvalue weighted by atomic mass is 16.3. The first kappa shape index (κ1) is 13.3. The highest BCUT2D eigenvalue weighted by Crippen LogP contribution is 2.24. The van der Waals surface area contributed by atoms with Crippen LogP contribution < -0.4 is 5.32 Å². The molecule has 2 rings (SSSR count). The van der Waals surface area contributed by atoms with Gasteiger partial charge in [-0.1, -0.05) is 12.8 Å². The Hall–Kier alpha value is -0.120.